The molecule has 0 spiro atoms. The van der Waals surface area contributed by atoms with E-state index in [0.717, 1.165) is 9.40 Å². The SMILES string of the molecule is CCOC(=O)Cn1c(=NC(=O)c2cc3cc([N+](=O)[O-])ccc3s2)sc2cc(OC)c(OC)cc21. The molecule has 0 aliphatic rings. The molecule has 12 heteroatoms. The van der Waals surface area contributed by atoms with Crippen molar-refractivity contribution in [3.63, 3.8) is 0 Å². The summed E-state index contributed by atoms with van der Waals surface area (Å²) < 4.78 is 18.9. The Labute approximate surface area is 200 Å². The number of ether oxygens (including phenoxy) is 3. The van der Waals surface area contributed by atoms with Crippen LogP contribution in [0.15, 0.2) is 41.4 Å². The van der Waals surface area contributed by atoms with E-state index in [0.29, 0.717) is 32.1 Å². The van der Waals surface area contributed by atoms with Gasteiger partial charge in [-0.3, -0.25) is 19.7 Å². The molecule has 4 aromatic rings. The third-order valence-corrected chi connectivity index (χ3v) is 7.04. The molecule has 0 saturated heterocycles. The van der Waals surface area contributed by atoms with Crippen LogP contribution in [0.25, 0.3) is 20.3 Å². The number of aromatic nitrogens is 1. The third-order valence-electron chi connectivity index (χ3n) is 4.90. The van der Waals surface area contributed by atoms with E-state index >= 15 is 0 Å². The fourth-order valence-corrected chi connectivity index (χ4v) is 5.33. The molecule has 1 amide bonds. The first kappa shape index (κ1) is 23.4. The normalized spacial score (nSPS) is 11.7. The number of thiophene rings is 1. The smallest absolute Gasteiger partial charge is 0.326 e. The number of benzene rings is 2. The van der Waals surface area contributed by atoms with Gasteiger partial charge in [-0.15, -0.1) is 11.3 Å². The van der Waals surface area contributed by atoms with Gasteiger partial charge in [-0.05, 0) is 19.1 Å². The molecule has 0 unspecified atom stereocenters. The van der Waals surface area contributed by atoms with E-state index in [4.69, 9.17) is 14.2 Å². The van der Waals surface area contributed by atoms with Crippen molar-refractivity contribution in [3.05, 3.63) is 56.2 Å². The number of hydrogen-bond acceptors (Lipinski definition) is 9. The zero-order chi connectivity index (χ0) is 24.4. The lowest BCUT2D eigenvalue weighted by molar-refractivity contribution is -0.384. The summed E-state index contributed by atoms with van der Waals surface area (Å²) in [5.74, 6) is -0.0232. The summed E-state index contributed by atoms with van der Waals surface area (Å²) in [6.07, 6.45) is 0. The number of hydrogen-bond donors (Lipinski definition) is 0. The van der Waals surface area contributed by atoms with Crippen molar-refractivity contribution in [2.45, 2.75) is 13.5 Å². The maximum absolute atomic E-state index is 13.0. The highest BCUT2D eigenvalue weighted by molar-refractivity contribution is 7.21. The van der Waals surface area contributed by atoms with Gasteiger partial charge >= 0.3 is 5.97 Å². The molecule has 2 heterocycles. The molecular weight excluding hydrogens is 482 g/mol. The molecule has 10 nitrogen and oxygen atoms in total. The number of esters is 1. The zero-order valence-corrected chi connectivity index (χ0v) is 20.0. The standard InChI is InChI=1S/C22H19N3O7S2/c1-4-32-20(26)11-24-14-9-15(30-2)16(31-3)10-18(14)34-22(24)23-21(27)19-8-12-7-13(25(28)29)5-6-17(12)33-19/h5-10H,4,11H2,1-3H3. The topological polar surface area (TPSA) is 122 Å². The minimum Gasteiger partial charge on any atom is -0.493 e. The molecule has 34 heavy (non-hydrogen) atoms. The van der Waals surface area contributed by atoms with E-state index in [2.05, 4.69) is 4.99 Å². The van der Waals surface area contributed by atoms with Gasteiger partial charge in [0.1, 0.15) is 6.54 Å². The number of carbonyl (C=O) groups excluding carboxylic acids is 2. The third kappa shape index (κ3) is 4.50. The fourth-order valence-electron chi connectivity index (χ4n) is 3.36. The average molecular weight is 502 g/mol. The van der Waals surface area contributed by atoms with Crippen LogP contribution in [0.3, 0.4) is 0 Å². The Balaban J connectivity index is 1.83. The van der Waals surface area contributed by atoms with Gasteiger partial charge in [0, 0.05) is 34.4 Å². The van der Waals surface area contributed by atoms with E-state index in [-0.39, 0.29) is 18.8 Å². The molecular formula is C22H19N3O7S2. The number of fused-ring (bicyclic) bond motifs is 2. The molecule has 0 aliphatic carbocycles. The highest BCUT2D eigenvalue weighted by Gasteiger charge is 2.18. The Morgan fingerprint density at radius 1 is 1.06 bits per heavy atom. The summed E-state index contributed by atoms with van der Waals surface area (Å²) in [5.41, 5.74) is 0.579. The molecule has 2 aromatic carbocycles. The number of thiazole rings is 1. The fraction of sp³-hybridized carbons (Fsp3) is 0.227. The number of nitrogens with zero attached hydrogens (tertiary/aromatic N) is 3. The van der Waals surface area contributed by atoms with Crippen molar-refractivity contribution in [1.82, 2.24) is 4.57 Å². The van der Waals surface area contributed by atoms with E-state index in [1.54, 1.807) is 35.8 Å². The minimum atomic E-state index is -0.521. The number of nitro groups is 1. The van der Waals surface area contributed by atoms with Crippen molar-refractivity contribution in [2.24, 2.45) is 4.99 Å². The van der Waals surface area contributed by atoms with Gasteiger partial charge in [-0.1, -0.05) is 11.3 Å². The van der Waals surface area contributed by atoms with Gasteiger partial charge in [0.05, 0.1) is 40.8 Å². The zero-order valence-electron chi connectivity index (χ0n) is 18.4. The second-order valence-electron chi connectivity index (χ2n) is 6.96. The minimum absolute atomic E-state index is 0.0547. The maximum Gasteiger partial charge on any atom is 0.326 e. The second kappa shape index (κ2) is 9.61. The highest BCUT2D eigenvalue weighted by atomic mass is 32.1. The Hall–Kier alpha value is -3.77. The quantitative estimate of drug-likeness (QED) is 0.212. The van der Waals surface area contributed by atoms with E-state index in [1.807, 2.05) is 0 Å². The number of rotatable bonds is 7. The van der Waals surface area contributed by atoms with Crippen LogP contribution >= 0.6 is 22.7 Å². The van der Waals surface area contributed by atoms with Gasteiger partial charge in [0.15, 0.2) is 16.3 Å². The van der Waals surface area contributed by atoms with Crippen LogP contribution in [0.1, 0.15) is 16.6 Å². The second-order valence-corrected chi connectivity index (χ2v) is 9.05. The number of non-ortho nitro benzene ring substituents is 1. The summed E-state index contributed by atoms with van der Waals surface area (Å²) in [6.45, 7) is 1.79. The van der Waals surface area contributed by atoms with E-state index < -0.39 is 16.8 Å². The van der Waals surface area contributed by atoms with Gasteiger partial charge in [-0.2, -0.15) is 4.99 Å². The monoisotopic (exact) mass is 501 g/mol. The summed E-state index contributed by atoms with van der Waals surface area (Å²) in [5, 5.41) is 11.6. The van der Waals surface area contributed by atoms with Gasteiger partial charge in [0.25, 0.3) is 11.6 Å². The number of amides is 1. The lowest BCUT2D eigenvalue weighted by atomic mass is 10.2. The number of nitro benzene ring substituents is 1. The first-order valence-corrected chi connectivity index (χ1v) is 11.7. The highest BCUT2D eigenvalue weighted by Crippen LogP contribution is 2.34. The molecule has 176 valence electrons. The largest absolute Gasteiger partial charge is 0.493 e. The lowest BCUT2D eigenvalue weighted by Gasteiger charge is -2.09. The van der Waals surface area contributed by atoms with Crippen LogP contribution in [0.4, 0.5) is 5.69 Å². The summed E-state index contributed by atoms with van der Waals surface area (Å²) in [6, 6.07) is 9.46. The number of methoxy groups -OCH3 is 2. The van der Waals surface area contributed by atoms with Crippen LogP contribution in [-0.4, -0.2) is 42.2 Å². The van der Waals surface area contributed by atoms with Crippen molar-refractivity contribution in [3.8, 4) is 11.5 Å². The summed E-state index contributed by atoms with van der Waals surface area (Å²) >= 11 is 2.41. The van der Waals surface area contributed by atoms with Crippen LogP contribution in [0.5, 0.6) is 11.5 Å². The molecule has 0 aliphatic heterocycles. The molecule has 4 rings (SSSR count). The predicted octanol–water partition coefficient (Wildman–Crippen LogP) is 4.15. The molecule has 2 aromatic heterocycles. The van der Waals surface area contributed by atoms with E-state index in [1.165, 1.54) is 49.0 Å². The molecule has 0 atom stereocenters. The lowest BCUT2D eigenvalue weighted by Crippen LogP contribution is -2.23. The van der Waals surface area contributed by atoms with E-state index in [9.17, 15) is 19.7 Å². The molecule has 0 saturated carbocycles. The van der Waals surface area contributed by atoms with Crippen molar-refractivity contribution >= 4 is 60.5 Å². The molecule has 0 bridgehead atoms. The van der Waals surface area contributed by atoms with Crippen LogP contribution < -0.4 is 14.3 Å². The van der Waals surface area contributed by atoms with Crippen LogP contribution in [-0.2, 0) is 16.1 Å². The van der Waals surface area contributed by atoms with Gasteiger partial charge in [-0.25, -0.2) is 0 Å². The molecule has 0 fully saturated rings. The Morgan fingerprint density at radius 3 is 2.47 bits per heavy atom. The Kier molecular flexibility index (Phi) is 6.61. The van der Waals surface area contributed by atoms with Crippen LogP contribution in [0, 0.1) is 10.1 Å². The number of carbonyl (C=O) groups is 2. The Morgan fingerprint density at radius 2 is 1.79 bits per heavy atom. The van der Waals surface area contributed by atoms with Gasteiger partial charge < -0.3 is 18.8 Å². The molecule has 0 N–H and O–H groups in total. The van der Waals surface area contributed by atoms with Crippen molar-refractivity contribution < 1.29 is 28.7 Å². The van der Waals surface area contributed by atoms with Gasteiger partial charge in [0.2, 0.25) is 0 Å². The maximum atomic E-state index is 13.0. The predicted molar refractivity (Wildman–Crippen MR) is 128 cm³/mol. The van der Waals surface area contributed by atoms with Crippen molar-refractivity contribution in [2.75, 3.05) is 20.8 Å². The summed E-state index contributed by atoms with van der Waals surface area (Å²) in [7, 11) is 3.02. The van der Waals surface area contributed by atoms with Crippen molar-refractivity contribution in [1.29, 1.82) is 0 Å². The molecule has 0 radical (unpaired) electrons. The Bertz CT molecular complexity index is 1500. The first-order valence-electron chi connectivity index (χ1n) is 10.0. The van der Waals surface area contributed by atoms with Crippen LogP contribution in [0.2, 0.25) is 0 Å². The average Bonchev–Trinajstić information content (AvgIpc) is 3.39. The summed E-state index contributed by atoms with van der Waals surface area (Å²) in [4.78, 5) is 40.7. The first-order chi connectivity index (χ1) is 16.3.